The van der Waals surface area contributed by atoms with E-state index in [1.807, 2.05) is 0 Å². The number of hydrogen-bond donors (Lipinski definition) is 1. The van der Waals surface area contributed by atoms with Crippen molar-refractivity contribution in [1.82, 2.24) is 14.7 Å². The van der Waals surface area contributed by atoms with Crippen molar-refractivity contribution < 1.29 is 25.0 Å². The summed E-state index contributed by atoms with van der Waals surface area (Å²) in [5.74, 6) is -1.17. The first-order valence-electron chi connectivity index (χ1n) is 13.6. The second-order valence-electron chi connectivity index (χ2n) is 10.0. The Morgan fingerprint density at radius 2 is 1.25 bits per heavy atom. The van der Waals surface area contributed by atoms with Gasteiger partial charge in [-0.15, -0.1) is 0 Å². The number of nitrogens with zero attached hydrogens (tertiary/aromatic N) is 3. The summed E-state index contributed by atoms with van der Waals surface area (Å²) in [6, 6.07) is 6.59. The summed E-state index contributed by atoms with van der Waals surface area (Å²) in [5, 5.41) is 9.20. The number of likely N-dealkylation sites (N-methyl/N-ethyl adjacent to an activating group) is 1. The van der Waals surface area contributed by atoms with Crippen LogP contribution in [-0.4, -0.2) is 87.9 Å². The molecule has 3 rings (SSSR count). The lowest BCUT2D eigenvalue weighted by molar-refractivity contribution is -0.138. The SMILES string of the molecule is CCN(CC)CCN(CC(=O)N(C1CCCCC1)C1CCCCC1)C(=O)c1ccc(C(=O)O)cc1.O. The molecule has 2 amide bonds. The van der Waals surface area contributed by atoms with Crippen molar-refractivity contribution in [2.24, 2.45) is 0 Å². The smallest absolute Gasteiger partial charge is 0.335 e. The fourth-order valence-electron chi connectivity index (χ4n) is 5.66. The lowest BCUT2D eigenvalue weighted by atomic mass is 9.88. The summed E-state index contributed by atoms with van der Waals surface area (Å²) < 4.78 is 0. The highest BCUT2D eigenvalue weighted by Gasteiger charge is 2.34. The number of rotatable bonds is 11. The van der Waals surface area contributed by atoms with E-state index in [4.69, 9.17) is 0 Å². The molecule has 8 heteroatoms. The van der Waals surface area contributed by atoms with Crippen LogP contribution < -0.4 is 0 Å². The van der Waals surface area contributed by atoms with E-state index in [1.54, 1.807) is 17.0 Å². The fourth-order valence-corrected chi connectivity index (χ4v) is 5.66. The molecule has 0 atom stereocenters. The summed E-state index contributed by atoms with van der Waals surface area (Å²) in [5.41, 5.74) is 0.567. The third-order valence-electron chi connectivity index (χ3n) is 7.80. The first-order valence-corrected chi connectivity index (χ1v) is 13.6. The molecule has 36 heavy (non-hydrogen) atoms. The number of carboxylic acids is 1. The zero-order valence-corrected chi connectivity index (χ0v) is 22.1. The maximum Gasteiger partial charge on any atom is 0.335 e. The van der Waals surface area contributed by atoms with Gasteiger partial charge in [-0.3, -0.25) is 9.59 Å². The highest BCUT2D eigenvalue weighted by Crippen LogP contribution is 2.30. The Hall–Kier alpha value is -2.45. The Kier molecular flexibility index (Phi) is 12.4. The molecule has 0 aromatic heterocycles. The van der Waals surface area contributed by atoms with Crippen LogP contribution in [0.25, 0.3) is 0 Å². The first-order chi connectivity index (χ1) is 16.9. The number of carbonyl (C=O) groups excluding carboxylic acids is 2. The van der Waals surface area contributed by atoms with Crippen molar-refractivity contribution in [2.75, 3.05) is 32.7 Å². The molecule has 0 radical (unpaired) electrons. The molecule has 2 aliphatic rings. The van der Waals surface area contributed by atoms with Gasteiger partial charge in [0.25, 0.3) is 5.91 Å². The lowest BCUT2D eigenvalue weighted by Gasteiger charge is -2.42. The van der Waals surface area contributed by atoms with Gasteiger partial charge < -0.3 is 25.3 Å². The molecule has 0 heterocycles. The Balaban J connectivity index is 0.00000456. The van der Waals surface area contributed by atoms with Crippen molar-refractivity contribution in [3.63, 3.8) is 0 Å². The number of hydrogen-bond acceptors (Lipinski definition) is 4. The van der Waals surface area contributed by atoms with Crippen molar-refractivity contribution in [3.05, 3.63) is 35.4 Å². The summed E-state index contributed by atoms with van der Waals surface area (Å²) in [7, 11) is 0. The maximum absolute atomic E-state index is 13.9. The molecule has 2 aliphatic carbocycles. The Labute approximate surface area is 215 Å². The van der Waals surface area contributed by atoms with Gasteiger partial charge >= 0.3 is 5.97 Å². The average Bonchev–Trinajstić information content (AvgIpc) is 2.89. The molecule has 0 unspecified atom stereocenters. The van der Waals surface area contributed by atoms with Gasteiger partial charge in [-0.2, -0.15) is 0 Å². The van der Waals surface area contributed by atoms with Gasteiger partial charge in [0.1, 0.15) is 6.54 Å². The normalized spacial score (nSPS) is 16.9. The van der Waals surface area contributed by atoms with E-state index in [2.05, 4.69) is 23.6 Å². The van der Waals surface area contributed by atoms with Crippen LogP contribution in [-0.2, 0) is 4.79 Å². The maximum atomic E-state index is 13.9. The zero-order chi connectivity index (χ0) is 25.2. The van der Waals surface area contributed by atoms with E-state index in [0.29, 0.717) is 18.7 Å². The summed E-state index contributed by atoms with van der Waals surface area (Å²) in [6.45, 7) is 7.21. The van der Waals surface area contributed by atoms with Crippen molar-refractivity contribution in [2.45, 2.75) is 90.1 Å². The minimum absolute atomic E-state index is 0. The zero-order valence-electron chi connectivity index (χ0n) is 22.1. The predicted octanol–water partition coefficient (Wildman–Crippen LogP) is 3.84. The largest absolute Gasteiger partial charge is 0.478 e. The van der Waals surface area contributed by atoms with Crippen LogP contribution in [0, 0.1) is 0 Å². The van der Waals surface area contributed by atoms with E-state index in [9.17, 15) is 19.5 Å². The molecule has 3 N–H and O–H groups in total. The van der Waals surface area contributed by atoms with Crippen LogP contribution in [0.3, 0.4) is 0 Å². The molecule has 8 nitrogen and oxygen atoms in total. The minimum Gasteiger partial charge on any atom is -0.478 e. The van der Waals surface area contributed by atoms with Crippen LogP contribution in [0.1, 0.15) is 98.8 Å². The van der Waals surface area contributed by atoms with Gasteiger partial charge in [0, 0.05) is 30.7 Å². The quantitative estimate of drug-likeness (QED) is 0.493. The van der Waals surface area contributed by atoms with E-state index < -0.39 is 5.97 Å². The topological polar surface area (TPSA) is 113 Å². The molecule has 202 valence electrons. The molecular weight excluding hydrogens is 458 g/mol. The predicted molar refractivity (Wildman–Crippen MR) is 141 cm³/mol. The molecular formula is C28H45N3O5. The second kappa shape index (κ2) is 15.0. The summed E-state index contributed by atoms with van der Waals surface area (Å²) >= 11 is 0. The van der Waals surface area contributed by atoms with Gasteiger partial charge in [0.15, 0.2) is 0 Å². The fraction of sp³-hybridized carbons (Fsp3) is 0.679. The van der Waals surface area contributed by atoms with E-state index in [1.165, 1.54) is 50.7 Å². The molecule has 0 saturated heterocycles. The Bertz CT molecular complexity index is 810. The number of amides is 2. The monoisotopic (exact) mass is 503 g/mol. The van der Waals surface area contributed by atoms with Crippen molar-refractivity contribution >= 4 is 17.8 Å². The lowest BCUT2D eigenvalue weighted by Crippen LogP contribution is -2.53. The molecule has 1 aromatic carbocycles. The number of carboxylic acid groups (broad SMARTS) is 1. The van der Waals surface area contributed by atoms with Gasteiger partial charge in [-0.1, -0.05) is 52.4 Å². The highest BCUT2D eigenvalue weighted by molar-refractivity contribution is 5.97. The third-order valence-corrected chi connectivity index (χ3v) is 7.80. The van der Waals surface area contributed by atoms with Gasteiger partial charge in [0.05, 0.1) is 5.56 Å². The van der Waals surface area contributed by atoms with Crippen molar-refractivity contribution in [3.8, 4) is 0 Å². The second-order valence-corrected chi connectivity index (χ2v) is 10.0. The summed E-state index contributed by atoms with van der Waals surface area (Å²) in [4.78, 5) is 44.7. The number of benzene rings is 1. The standard InChI is InChI=1S/C28H43N3O4.H2O/c1-3-29(4-2)19-20-30(27(33)22-15-17-23(18-16-22)28(34)35)21-26(32)31(24-11-7-5-8-12-24)25-13-9-6-10-14-25;/h15-18,24-25H,3-14,19-21H2,1-2H3,(H,34,35);1H2. The molecule has 2 fully saturated rings. The van der Waals surface area contributed by atoms with Gasteiger partial charge in [-0.25, -0.2) is 4.79 Å². The van der Waals surface area contributed by atoms with E-state index in [-0.39, 0.29) is 41.5 Å². The average molecular weight is 504 g/mol. The molecule has 0 bridgehead atoms. The van der Waals surface area contributed by atoms with Gasteiger partial charge in [-0.05, 0) is 63.0 Å². The Morgan fingerprint density at radius 3 is 1.69 bits per heavy atom. The molecule has 0 spiro atoms. The van der Waals surface area contributed by atoms with Gasteiger partial charge in [0.2, 0.25) is 5.91 Å². The van der Waals surface area contributed by atoms with Crippen LogP contribution in [0.2, 0.25) is 0 Å². The molecule has 0 aliphatic heterocycles. The van der Waals surface area contributed by atoms with E-state index in [0.717, 1.165) is 38.8 Å². The highest BCUT2D eigenvalue weighted by atomic mass is 16.4. The van der Waals surface area contributed by atoms with Crippen molar-refractivity contribution in [1.29, 1.82) is 0 Å². The van der Waals surface area contributed by atoms with E-state index >= 15 is 0 Å². The van der Waals surface area contributed by atoms with Crippen LogP contribution in [0.15, 0.2) is 24.3 Å². The van der Waals surface area contributed by atoms with Crippen LogP contribution in [0.4, 0.5) is 0 Å². The third kappa shape index (κ3) is 8.03. The molecule has 2 saturated carbocycles. The van der Waals surface area contributed by atoms with Crippen LogP contribution in [0.5, 0.6) is 0 Å². The molecule has 1 aromatic rings. The Morgan fingerprint density at radius 1 is 0.778 bits per heavy atom. The first kappa shape index (κ1) is 29.8. The van der Waals surface area contributed by atoms with Crippen LogP contribution >= 0.6 is 0 Å². The minimum atomic E-state index is -1.02. The number of aromatic carboxylic acids is 1. The summed E-state index contributed by atoms with van der Waals surface area (Å²) in [6.07, 6.45) is 11.4. The number of carbonyl (C=O) groups is 3.